The number of benzene rings is 2. The van der Waals surface area contributed by atoms with Gasteiger partial charge in [-0.05, 0) is 74.2 Å². The predicted molar refractivity (Wildman–Crippen MR) is 152 cm³/mol. The minimum absolute atomic E-state index is 0.0704. The van der Waals surface area contributed by atoms with Crippen molar-refractivity contribution in [2.24, 2.45) is 0 Å². The number of aryl methyl sites for hydroxylation is 4. The zero-order chi connectivity index (χ0) is 27.7. The van der Waals surface area contributed by atoms with E-state index in [-0.39, 0.29) is 11.6 Å². The number of rotatable bonds is 8. The smallest absolute Gasteiger partial charge is 0.237 e. The Hall–Kier alpha value is -3.50. The summed E-state index contributed by atoms with van der Waals surface area (Å²) in [5.41, 5.74) is 5.05. The molecule has 0 bridgehead atoms. The Morgan fingerprint density at radius 1 is 0.632 bits per heavy atom. The SMILES string of the molecule is Cc1cc(Oc2cnccn2)cc(C)c1C(=O)CBr.Cc1cc(Oc2cnccn2)cc(C)c1C(=O)CBr. The van der Waals surface area contributed by atoms with Crippen molar-refractivity contribution in [1.29, 1.82) is 0 Å². The number of carbonyl (C=O) groups excluding carboxylic acids is 2. The summed E-state index contributed by atoms with van der Waals surface area (Å²) in [5, 5.41) is 0.637. The summed E-state index contributed by atoms with van der Waals surface area (Å²) in [7, 11) is 0. The van der Waals surface area contributed by atoms with Gasteiger partial charge in [0.25, 0.3) is 0 Å². The fourth-order valence-corrected chi connectivity index (χ4v) is 4.46. The second kappa shape index (κ2) is 13.9. The molecule has 0 saturated carbocycles. The molecule has 0 fully saturated rings. The standard InChI is InChI=1S/2C14H13BrN2O2/c2*1-9-5-11(19-13-8-16-3-4-17-13)6-10(2)14(9)12(18)7-15/h2*3-6,8H,7H2,1-2H3. The topological polar surface area (TPSA) is 104 Å². The van der Waals surface area contributed by atoms with E-state index in [1.807, 2.05) is 52.0 Å². The Bertz CT molecular complexity index is 1260. The van der Waals surface area contributed by atoms with Gasteiger partial charge in [0.05, 0.1) is 23.1 Å². The summed E-state index contributed by atoms with van der Waals surface area (Å²) in [6.07, 6.45) is 9.39. The van der Waals surface area contributed by atoms with Gasteiger partial charge in [0.1, 0.15) is 11.5 Å². The van der Waals surface area contributed by atoms with E-state index >= 15 is 0 Å². The molecule has 0 aliphatic heterocycles. The van der Waals surface area contributed by atoms with Gasteiger partial charge in [-0.15, -0.1) is 0 Å². The molecule has 2 aromatic heterocycles. The van der Waals surface area contributed by atoms with Crippen molar-refractivity contribution < 1.29 is 19.1 Å². The highest BCUT2D eigenvalue weighted by Gasteiger charge is 2.14. The molecule has 196 valence electrons. The number of aromatic nitrogens is 4. The molecule has 2 heterocycles. The monoisotopic (exact) mass is 640 g/mol. The third-order valence-electron chi connectivity index (χ3n) is 5.34. The number of hydrogen-bond donors (Lipinski definition) is 0. The van der Waals surface area contributed by atoms with Crippen LogP contribution in [0.5, 0.6) is 23.3 Å². The van der Waals surface area contributed by atoms with Crippen LogP contribution in [0.25, 0.3) is 0 Å². The highest BCUT2D eigenvalue weighted by Crippen LogP contribution is 2.27. The lowest BCUT2D eigenvalue weighted by Gasteiger charge is -2.11. The van der Waals surface area contributed by atoms with Crippen LogP contribution in [0.3, 0.4) is 0 Å². The molecule has 0 N–H and O–H groups in total. The summed E-state index contributed by atoms with van der Waals surface area (Å²) >= 11 is 6.39. The third kappa shape index (κ3) is 7.75. The summed E-state index contributed by atoms with van der Waals surface area (Å²) in [4.78, 5) is 39.6. The largest absolute Gasteiger partial charge is 0.437 e. The quantitative estimate of drug-likeness (QED) is 0.151. The molecule has 4 aromatic rings. The maximum absolute atomic E-state index is 11.8. The highest BCUT2D eigenvalue weighted by molar-refractivity contribution is 9.09. The first-order valence-electron chi connectivity index (χ1n) is 11.5. The van der Waals surface area contributed by atoms with E-state index in [1.54, 1.807) is 37.2 Å². The van der Waals surface area contributed by atoms with Crippen molar-refractivity contribution in [1.82, 2.24) is 19.9 Å². The number of ether oxygens (including phenoxy) is 2. The average molecular weight is 642 g/mol. The van der Waals surface area contributed by atoms with E-state index in [0.29, 0.717) is 33.9 Å². The van der Waals surface area contributed by atoms with Gasteiger partial charge in [-0.1, -0.05) is 31.9 Å². The van der Waals surface area contributed by atoms with Gasteiger partial charge in [-0.25, -0.2) is 9.97 Å². The minimum Gasteiger partial charge on any atom is -0.437 e. The van der Waals surface area contributed by atoms with Gasteiger partial charge in [0, 0.05) is 35.9 Å². The van der Waals surface area contributed by atoms with Crippen LogP contribution in [0.2, 0.25) is 0 Å². The van der Waals surface area contributed by atoms with Crippen molar-refractivity contribution in [2.75, 3.05) is 10.7 Å². The second-order valence-corrected chi connectivity index (χ2v) is 9.39. The zero-order valence-electron chi connectivity index (χ0n) is 21.4. The molecule has 8 nitrogen and oxygen atoms in total. The van der Waals surface area contributed by atoms with Crippen molar-refractivity contribution >= 4 is 43.4 Å². The fourth-order valence-electron chi connectivity index (χ4n) is 3.90. The first-order valence-corrected chi connectivity index (χ1v) is 13.8. The second-order valence-electron chi connectivity index (χ2n) is 8.27. The molecule has 0 saturated heterocycles. The molecule has 2 aromatic carbocycles. The van der Waals surface area contributed by atoms with Crippen LogP contribution < -0.4 is 9.47 Å². The number of Topliss-reactive ketones (excluding diaryl/α,β-unsaturated/α-hetero) is 2. The van der Waals surface area contributed by atoms with Crippen LogP contribution in [-0.4, -0.2) is 42.2 Å². The molecule has 38 heavy (non-hydrogen) atoms. The van der Waals surface area contributed by atoms with Crippen molar-refractivity contribution in [2.45, 2.75) is 27.7 Å². The first kappa shape index (κ1) is 29.1. The van der Waals surface area contributed by atoms with Gasteiger partial charge in [0.2, 0.25) is 11.8 Å². The van der Waals surface area contributed by atoms with Crippen LogP contribution in [0.4, 0.5) is 0 Å². The normalized spacial score (nSPS) is 10.3. The zero-order valence-corrected chi connectivity index (χ0v) is 24.5. The molecule has 4 rings (SSSR count). The lowest BCUT2D eigenvalue weighted by Crippen LogP contribution is -2.06. The van der Waals surface area contributed by atoms with Crippen LogP contribution >= 0.6 is 31.9 Å². The van der Waals surface area contributed by atoms with Gasteiger partial charge < -0.3 is 9.47 Å². The predicted octanol–water partition coefficient (Wildman–Crippen LogP) is 6.93. The van der Waals surface area contributed by atoms with Gasteiger partial charge in [-0.2, -0.15) is 0 Å². The number of hydrogen-bond acceptors (Lipinski definition) is 8. The van der Waals surface area contributed by atoms with Crippen LogP contribution in [0, 0.1) is 27.7 Å². The molecular formula is C28H26Br2N4O4. The van der Waals surface area contributed by atoms with E-state index in [4.69, 9.17) is 9.47 Å². The Labute approximate surface area is 238 Å². The van der Waals surface area contributed by atoms with E-state index in [2.05, 4.69) is 51.8 Å². The molecular weight excluding hydrogens is 616 g/mol. The van der Waals surface area contributed by atoms with Crippen LogP contribution in [0.15, 0.2) is 61.4 Å². The average Bonchev–Trinajstić information content (AvgIpc) is 2.89. The fraction of sp³-hybridized carbons (Fsp3) is 0.214. The number of carbonyl (C=O) groups is 2. The van der Waals surface area contributed by atoms with Crippen molar-refractivity contribution in [3.05, 3.63) is 94.8 Å². The third-order valence-corrected chi connectivity index (χ3v) is 6.36. The molecule has 0 unspecified atom stereocenters. The lowest BCUT2D eigenvalue weighted by atomic mass is 9.99. The van der Waals surface area contributed by atoms with Gasteiger partial charge in [-0.3, -0.25) is 19.6 Å². The number of alkyl halides is 2. The summed E-state index contributed by atoms with van der Waals surface area (Å²) in [5.74, 6) is 2.31. The van der Waals surface area contributed by atoms with Gasteiger partial charge in [0.15, 0.2) is 11.6 Å². The van der Waals surface area contributed by atoms with E-state index in [1.165, 1.54) is 0 Å². The summed E-state index contributed by atoms with van der Waals surface area (Å²) in [6.45, 7) is 7.58. The van der Waals surface area contributed by atoms with E-state index in [9.17, 15) is 9.59 Å². The van der Waals surface area contributed by atoms with Gasteiger partial charge >= 0.3 is 0 Å². The molecule has 0 spiro atoms. The number of halogens is 2. The van der Waals surface area contributed by atoms with Crippen LogP contribution in [0.1, 0.15) is 43.0 Å². The van der Waals surface area contributed by atoms with Crippen molar-refractivity contribution in [3.8, 4) is 23.3 Å². The highest BCUT2D eigenvalue weighted by atomic mass is 79.9. The van der Waals surface area contributed by atoms with E-state index < -0.39 is 0 Å². The number of ketones is 2. The minimum atomic E-state index is 0.0704. The lowest BCUT2D eigenvalue weighted by molar-refractivity contribution is 0.101. The molecule has 0 aliphatic carbocycles. The Morgan fingerprint density at radius 2 is 0.974 bits per heavy atom. The molecule has 0 radical (unpaired) electrons. The Kier molecular flexibility index (Phi) is 10.6. The van der Waals surface area contributed by atoms with E-state index in [0.717, 1.165) is 33.4 Å². The Balaban J connectivity index is 0.000000211. The summed E-state index contributed by atoms with van der Waals surface area (Å²) < 4.78 is 11.2. The molecule has 0 amide bonds. The molecule has 0 atom stereocenters. The first-order chi connectivity index (χ1) is 18.2. The molecule has 0 aliphatic rings. The summed E-state index contributed by atoms with van der Waals surface area (Å²) in [6, 6.07) is 7.32. The number of nitrogens with zero attached hydrogens (tertiary/aromatic N) is 4. The maximum Gasteiger partial charge on any atom is 0.237 e. The van der Waals surface area contributed by atoms with Crippen molar-refractivity contribution in [3.63, 3.8) is 0 Å². The maximum atomic E-state index is 11.8. The molecule has 10 heteroatoms. The Morgan fingerprint density at radius 3 is 1.24 bits per heavy atom. The van der Waals surface area contributed by atoms with Crippen LogP contribution in [-0.2, 0) is 0 Å².